The molecule has 0 radical (unpaired) electrons. The highest BCUT2D eigenvalue weighted by Gasteiger charge is 2.30. The van der Waals surface area contributed by atoms with Gasteiger partial charge in [-0.05, 0) is 42.8 Å². The fourth-order valence-corrected chi connectivity index (χ4v) is 3.71. The van der Waals surface area contributed by atoms with E-state index in [2.05, 4.69) is 20.8 Å². The normalized spacial score (nSPS) is 11.3. The molecule has 0 bridgehead atoms. The Morgan fingerprint density at radius 3 is 2.55 bits per heavy atom. The van der Waals surface area contributed by atoms with Crippen molar-refractivity contribution in [3.05, 3.63) is 64.4 Å². The number of anilines is 2. The van der Waals surface area contributed by atoms with E-state index in [0.717, 1.165) is 29.5 Å². The topological polar surface area (TPSA) is 88.9 Å². The van der Waals surface area contributed by atoms with Crippen molar-refractivity contribution in [1.82, 2.24) is 14.8 Å². The second-order valence-electron chi connectivity index (χ2n) is 7.01. The van der Waals surface area contributed by atoms with Crippen molar-refractivity contribution in [2.24, 2.45) is 7.05 Å². The van der Waals surface area contributed by atoms with Crippen molar-refractivity contribution >= 4 is 46.6 Å². The van der Waals surface area contributed by atoms with Crippen LogP contribution < -0.4 is 10.6 Å². The number of thioether (sulfide) groups is 1. The lowest BCUT2D eigenvalue weighted by atomic mass is 10.2. The molecule has 2 amide bonds. The van der Waals surface area contributed by atoms with Crippen molar-refractivity contribution in [3.63, 3.8) is 0 Å². The quantitative estimate of drug-likeness (QED) is 0.462. The Balaban J connectivity index is 1.56. The van der Waals surface area contributed by atoms with Gasteiger partial charge < -0.3 is 15.2 Å². The summed E-state index contributed by atoms with van der Waals surface area (Å²) in [6.07, 6.45) is -4.71. The van der Waals surface area contributed by atoms with Gasteiger partial charge in [-0.2, -0.15) is 13.2 Å². The first kappa shape index (κ1) is 24.6. The van der Waals surface area contributed by atoms with Crippen LogP contribution in [0, 0.1) is 6.92 Å². The highest BCUT2D eigenvalue weighted by molar-refractivity contribution is 7.99. The smallest absolute Gasteiger partial charge is 0.326 e. The first-order valence-electron chi connectivity index (χ1n) is 9.57. The third-order valence-corrected chi connectivity index (χ3v) is 6.02. The van der Waals surface area contributed by atoms with E-state index >= 15 is 0 Å². The van der Waals surface area contributed by atoms with Crippen LogP contribution in [0.1, 0.15) is 17.0 Å². The second-order valence-corrected chi connectivity index (χ2v) is 8.36. The summed E-state index contributed by atoms with van der Waals surface area (Å²) in [6.45, 7) is 1.80. The van der Waals surface area contributed by atoms with Crippen LogP contribution in [0.2, 0.25) is 5.02 Å². The van der Waals surface area contributed by atoms with Gasteiger partial charge in [0.2, 0.25) is 11.8 Å². The Morgan fingerprint density at radius 2 is 1.82 bits per heavy atom. The van der Waals surface area contributed by atoms with E-state index < -0.39 is 17.6 Å². The largest absolute Gasteiger partial charge is 0.416 e. The molecule has 7 nitrogen and oxygen atoms in total. The minimum Gasteiger partial charge on any atom is -0.326 e. The lowest BCUT2D eigenvalue weighted by Crippen LogP contribution is -2.18. The number of amides is 2. The maximum absolute atomic E-state index is 12.8. The molecular formula is C21H19ClF3N5O2S. The Bertz CT molecular complexity index is 1180. The van der Waals surface area contributed by atoms with Crippen LogP contribution in [0.15, 0.2) is 47.6 Å². The first-order valence-corrected chi connectivity index (χ1v) is 10.9. The van der Waals surface area contributed by atoms with Gasteiger partial charge in [0.15, 0.2) is 5.16 Å². The summed E-state index contributed by atoms with van der Waals surface area (Å²) in [5.74, 6) is -0.463. The van der Waals surface area contributed by atoms with Gasteiger partial charge in [-0.3, -0.25) is 9.59 Å². The average Bonchev–Trinajstić information content (AvgIpc) is 3.08. The molecule has 2 aromatic carbocycles. The first-order chi connectivity index (χ1) is 15.5. The van der Waals surface area contributed by atoms with Gasteiger partial charge in [-0.1, -0.05) is 35.5 Å². The third-order valence-electron chi connectivity index (χ3n) is 4.59. The van der Waals surface area contributed by atoms with E-state index in [4.69, 9.17) is 11.6 Å². The molecule has 1 aromatic heterocycles. The standard InChI is InChI=1S/C21H19ClF3N5O2S/c1-12-15(22)7-4-8-16(12)27-19(32)11-33-20-29-28-17(30(20)2)10-18(31)26-14-6-3-5-13(9-14)21(23,24)25/h3-9H,10-11H2,1-2H3,(H,26,31)(H,27,32). The van der Waals surface area contributed by atoms with Crippen LogP contribution in [0.4, 0.5) is 24.5 Å². The summed E-state index contributed by atoms with van der Waals surface area (Å²) in [4.78, 5) is 24.5. The Kier molecular flexibility index (Phi) is 7.65. The fourth-order valence-electron chi connectivity index (χ4n) is 2.81. The Morgan fingerprint density at radius 1 is 1.09 bits per heavy atom. The molecular weight excluding hydrogens is 479 g/mol. The number of rotatable bonds is 7. The zero-order chi connectivity index (χ0) is 24.2. The third kappa shape index (κ3) is 6.48. The van der Waals surface area contributed by atoms with E-state index in [0.29, 0.717) is 21.7 Å². The molecule has 0 saturated carbocycles. The molecule has 0 aliphatic heterocycles. The number of carbonyl (C=O) groups is 2. The molecule has 0 aliphatic carbocycles. The number of carbonyl (C=O) groups excluding carboxylic acids is 2. The van der Waals surface area contributed by atoms with Gasteiger partial charge >= 0.3 is 6.18 Å². The number of hydrogen-bond acceptors (Lipinski definition) is 5. The van der Waals surface area contributed by atoms with Crippen molar-refractivity contribution in [1.29, 1.82) is 0 Å². The molecule has 174 valence electrons. The summed E-state index contributed by atoms with van der Waals surface area (Å²) in [5.41, 5.74) is 0.534. The van der Waals surface area contributed by atoms with Gasteiger partial charge in [0.05, 0.1) is 17.7 Å². The average molecular weight is 498 g/mol. The number of aromatic nitrogens is 3. The van der Waals surface area contributed by atoms with Crippen LogP contribution >= 0.6 is 23.4 Å². The van der Waals surface area contributed by atoms with Crippen LogP contribution in [0.5, 0.6) is 0 Å². The lowest BCUT2D eigenvalue weighted by molar-refractivity contribution is -0.137. The van der Waals surface area contributed by atoms with E-state index in [1.54, 1.807) is 36.7 Å². The lowest BCUT2D eigenvalue weighted by Gasteiger charge is -2.10. The van der Waals surface area contributed by atoms with Gasteiger partial charge in [0.25, 0.3) is 0 Å². The van der Waals surface area contributed by atoms with Crippen LogP contribution in [0.3, 0.4) is 0 Å². The van der Waals surface area contributed by atoms with Crippen LogP contribution in [-0.4, -0.2) is 32.3 Å². The minimum absolute atomic E-state index is 0.0274. The van der Waals surface area contributed by atoms with Crippen molar-refractivity contribution < 1.29 is 22.8 Å². The maximum Gasteiger partial charge on any atom is 0.416 e. The van der Waals surface area contributed by atoms with Crippen LogP contribution in [0.25, 0.3) is 0 Å². The van der Waals surface area contributed by atoms with E-state index in [9.17, 15) is 22.8 Å². The summed E-state index contributed by atoms with van der Waals surface area (Å²) in [7, 11) is 1.63. The van der Waals surface area contributed by atoms with Gasteiger partial charge in [0.1, 0.15) is 5.82 Å². The molecule has 3 aromatic rings. The number of hydrogen-bond donors (Lipinski definition) is 2. The van der Waals surface area contributed by atoms with E-state index in [1.165, 1.54) is 12.1 Å². The molecule has 2 N–H and O–H groups in total. The van der Waals surface area contributed by atoms with Crippen molar-refractivity contribution in [2.75, 3.05) is 16.4 Å². The zero-order valence-corrected chi connectivity index (χ0v) is 19.1. The predicted octanol–water partition coefficient (Wildman–Crippen LogP) is 4.71. The van der Waals surface area contributed by atoms with Gasteiger partial charge in [0, 0.05) is 23.4 Å². The number of alkyl halides is 3. The number of nitrogens with zero attached hydrogens (tertiary/aromatic N) is 3. The Labute approximate surface area is 196 Å². The summed E-state index contributed by atoms with van der Waals surface area (Å²) >= 11 is 7.18. The number of nitrogens with one attached hydrogen (secondary N) is 2. The molecule has 0 atom stereocenters. The molecule has 1 heterocycles. The number of benzene rings is 2. The van der Waals surface area contributed by atoms with E-state index in [-0.39, 0.29) is 23.8 Å². The molecule has 12 heteroatoms. The van der Waals surface area contributed by atoms with Gasteiger partial charge in [-0.15, -0.1) is 10.2 Å². The van der Waals surface area contributed by atoms with Gasteiger partial charge in [-0.25, -0.2) is 0 Å². The highest BCUT2D eigenvalue weighted by atomic mass is 35.5. The fraction of sp³-hybridized carbons (Fsp3) is 0.238. The zero-order valence-electron chi connectivity index (χ0n) is 17.5. The van der Waals surface area contributed by atoms with E-state index in [1.807, 2.05) is 0 Å². The number of halogens is 4. The minimum atomic E-state index is -4.51. The molecule has 33 heavy (non-hydrogen) atoms. The SMILES string of the molecule is Cc1c(Cl)cccc1NC(=O)CSc1nnc(CC(=O)Nc2cccc(C(F)(F)F)c2)n1C. The molecule has 3 rings (SSSR count). The summed E-state index contributed by atoms with van der Waals surface area (Å²) < 4.78 is 40.0. The van der Waals surface area contributed by atoms with Crippen molar-refractivity contribution in [2.45, 2.75) is 24.7 Å². The monoisotopic (exact) mass is 497 g/mol. The molecule has 0 spiro atoms. The summed E-state index contributed by atoms with van der Waals surface area (Å²) in [6, 6.07) is 9.56. The maximum atomic E-state index is 12.8. The summed E-state index contributed by atoms with van der Waals surface area (Å²) in [5, 5.41) is 14.1. The molecule has 0 fully saturated rings. The van der Waals surface area contributed by atoms with Crippen molar-refractivity contribution in [3.8, 4) is 0 Å². The van der Waals surface area contributed by atoms with Crippen LogP contribution in [-0.2, 0) is 29.2 Å². The molecule has 0 saturated heterocycles. The molecule has 0 unspecified atom stereocenters. The highest BCUT2D eigenvalue weighted by Crippen LogP contribution is 2.30. The Hall–Kier alpha value is -3.05. The molecule has 0 aliphatic rings. The predicted molar refractivity (Wildman–Crippen MR) is 120 cm³/mol. The second kappa shape index (κ2) is 10.3.